The number of amides is 2. The third-order valence-corrected chi connectivity index (χ3v) is 4.89. The van der Waals surface area contributed by atoms with Crippen molar-refractivity contribution >= 4 is 34.1 Å². The predicted molar refractivity (Wildman–Crippen MR) is 112 cm³/mol. The van der Waals surface area contributed by atoms with E-state index in [4.69, 9.17) is 0 Å². The van der Waals surface area contributed by atoms with Crippen molar-refractivity contribution < 1.29 is 4.79 Å². The first kappa shape index (κ1) is 17.1. The summed E-state index contributed by atoms with van der Waals surface area (Å²) < 4.78 is 0. The van der Waals surface area contributed by atoms with Crippen molar-refractivity contribution in [2.75, 3.05) is 10.6 Å². The number of nitrogens with zero attached hydrogens (tertiary/aromatic N) is 4. The molecule has 0 unspecified atom stereocenters. The number of nitrogens with one attached hydrogen (secondary N) is 2. The van der Waals surface area contributed by atoms with Crippen molar-refractivity contribution in [3.63, 3.8) is 0 Å². The maximum atomic E-state index is 12.6. The van der Waals surface area contributed by atoms with Gasteiger partial charge >= 0.3 is 6.03 Å². The molecule has 0 aliphatic carbocycles. The van der Waals surface area contributed by atoms with Crippen LogP contribution in [0.3, 0.4) is 0 Å². The zero-order valence-corrected chi connectivity index (χ0v) is 15.5. The number of rotatable bonds is 3. The van der Waals surface area contributed by atoms with Gasteiger partial charge in [-0.25, -0.2) is 14.8 Å². The van der Waals surface area contributed by atoms with Crippen LogP contribution in [0.25, 0.3) is 10.9 Å². The second-order valence-corrected chi connectivity index (χ2v) is 6.84. The predicted octanol–water partition coefficient (Wildman–Crippen LogP) is 4.32. The number of carbonyl (C=O) groups is 1. The summed E-state index contributed by atoms with van der Waals surface area (Å²) in [4.78, 5) is 27.6. The molecule has 0 bridgehead atoms. The third kappa shape index (κ3) is 3.45. The standard InChI is InChI=1S/C22H18N6O/c29-22(27-16-7-2-1-3-8-16)28-12-18-20(13-28)24-14-25-21(18)26-17-10-15-6-4-5-9-19(15)23-11-17/h1-11,14H,12-13H2,(H,27,29)(H,24,25,26). The molecule has 0 atom stereocenters. The lowest BCUT2D eigenvalue weighted by Gasteiger charge is -2.16. The molecule has 2 aromatic carbocycles. The van der Waals surface area contributed by atoms with Crippen LogP contribution in [0.2, 0.25) is 0 Å². The van der Waals surface area contributed by atoms with Crippen LogP contribution in [-0.2, 0) is 13.1 Å². The molecule has 7 nitrogen and oxygen atoms in total. The third-order valence-electron chi connectivity index (χ3n) is 4.89. The minimum absolute atomic E-state index is 0.160. The van der Waals surface area contributed by atoms with Gasteiger partial charge < -0.3 is 15.5 Å². The van der Waals surface area contributed by atoms with E-state index < -0.39 is 0 Å². The van der Waals surface area contributed by atoms with Crippen molar-refractivity contribution in [2.45, 2.75) is 13.1 Å². The summed E-state index contributed by atoms with van der Waals surface area (Å²) in [7, 11) is 0. The van der Waals surface area contributed by atoms with E-state index in [2.05, 4.69) is 25.6 Å². The van der Waals surface area contributed by atoms with Crippen LogP contribution in [0, 0.1) is 0 Å². The molecule has 0 saturated carbocycles. The van der Waals surface area contributed by atoms with E-state index in [1.165, 1.54) is 6.33 Å². The Labute approximate surface area is 167 Å². The SMILES string of the molecule is O=C(Nc1ccccc1)N1Cc2ncnc(Nc3cnc4ccccc4c3)c2C1. The summed E-state index contributed by atoms with van der Waals surface area (Å²) >= 11 is 0. The van der Waals surface area contributed by atoms with Crippen molar-refractivity contribution in [3.05, 3.63) is 84.4 Å². The average molecular weight is 382 g/mol. The van der Waals surface area contributed by atoms with E-state index in [1.807, 2.05) is 60.7 Å². The number of urea groups is 1. The number of hydrogen-bond donors (Lipinski definition) is 2. The molecule has 5 rings (SSSR count). The van der Waals surface area contributed by atoms with Gasteiger partial charge in [0.15, 0.2) is 0 Å². The number of pyridine rings is 1. The highest BCUT2D eigenvalue weighted by atomic mass is 16.2. The molecule has 4 aromatic rings. The lowest BCUT2D eigenvalue weighted by molar-refractivity contribution is 0.212. The highest BCUT2D eigenvalue weighted by Gasteiger charge is 2.27. The first-order valence-electron chi connectivity index (χ1n) is 9.32. The lowest BCUT2D eigenvalue weighted by Crippen LogP contribution is -2.30. The van der Waals surface area contributed by atoms with Gasteiger partial charge in [-0.15, -0.1) is 0 Å². The first-order chi connectivity index (χ1) is 14.3. The molecule has 29 heavy (non-hydrogen) atoms. The second kappa shape index (κ2) is 7.20. The number of para-hydroxylation sites is 2. The number of aromatic nitrogens is 3. The summed E-state index contributed by atoms with van der Waals surface area (Å²) in [6.45, 7) is 0.888. The highest BCUT2D eigenvalue weighted by molar-refractivity contribution is 5.90. The Morgan fingerprint density at radius 3 is 2.62 bits per heavy atom. The maximum Gasteiger partial charge on any atom is 0.322 e. The molecule has 2 amide bonds. The van der Waals surface area contributed by atoms with Crippen LogP contribution in [0.4, 0.5) is 22.0 Å². The summed E-state index contributed by atoms with van der Waals surface area (Å²) in [5, 5.41) is 7.30. The normalized spacial score (nSPS) is 12.6. The van der Waals surface area contributed by atoms with Crippen molar-refractivity contribution in [2.24, 2.45) is 0 Å². The Kier molecular flexibility index (Phi) is 4.25. The zero-order valence-electron chi connectivity index (χ0n) is 15.5. The first-order valence-corrected chi connectivity index (χ1v) is 9.32. The van der Waals surface area contributed by atoms with Crippen LogP contribution in [0.5, 0.6) is 0 Å². The van der Waals surface area contributed by atoms with Crippen molar-refractivity contribution in [3.8, 4) is 0 Å². The average Bonchev–Trinajstić information content (AvgIpc) is 3.20. The smallest absolute Gasteiger partial charge is 0.322 e. The molecule has 0 radical (unpaired) electrons. The van der Waals surface area contributed by atoms with Crippen LogP contribution in [0.1, 0.15) is 11.3 Å². The van der Waals surface area contributed by atoms with Gasteiger partial charge in [-0.05, 0) is 24.3 Å². The summed E-state index contributed by atoms with van der Waals surface area (Å²) in [6, 6.07) is 19.2. The maximum absolute atomic E-state index is 12.6. The number of fused-ring (bicyclic) bond motifs is 2. The van der Waals surface area contributed by atoms with Gasteiger partial charge in [-0.2, -0.15) is 0 Å². The molecular formula is C22H18N6O. The summed E-state index contributed by atoms with van der Waals surface area (Å²) in [5.74, 6) is 0.696. The lowest BCUT2D eigenvalue weighted by atomic mass is 10.2. The summed E-state index contributed by atoms with van der Waals surface area (Å²) in [6.07, 6.45) is 3.31. The van der Waals surface area contributed by atoms with E-state index in [0.717, 1.165) is 33.5 Å². The fourth-order valence-electron chi connectivity index (χ4n) is 3.43. The topological polar surface area (TPSA) is 83.0 Å². The second-order valence-electron chi connectivity index (χ2n) is 6.84. The molecule has 0 saturated heterocycles. The Hall–Kier alpha value is -4.00. The van der Waals surface area contributed by atoms with Gasteiger partial charge in [-0.1, -0.05) is 36.4 Å². The fourth-order valence-corrected chi connectivity index (χ4v) is 3.43. The van der Waals surface area contributed by atoms with Gasteiger partial charge in [0.2, 0.25) is 0 Å². The molecule has 7 heteroatoms. The van der Waals surface area contributed by atoms with Crippen molar-refractivity contribution in [1.82, 2.24) is 19.9 Å². The zero-order chi connectivity index (χ0) is 19.6. The van der Waals surface area contributed by atoms with E-state index >= 15 is 0 Å². The molecule has 2 aromatic heterocycles. The Bertz CT molecular complexity index is 1190. The Balaban J connectivity index is 1.36. The van der Waals surface area contributed by atoms with Crippen LogP contribution in [-0.4, -0.2) is 25.9 Å². The number of carbonyl (C=O) groups excluding carboxylic acids is 1. The van der Waals surface area contributed by atoms with Gasteiger partial charge in [0.05, 0.1) is 36.2 Å². The van der Waals surface area contributed by atoms with Gasteiger partial charge in [0.1, 0.15) is 12.1 Å². The number of benzene rings is 2. The Morgan fingerprint density at radius 2 is 1.72 bits per heavy atom. The largest absolute Gasteiger partial charge is 0.339 e. The monoisotopic (exact) mass is 382 g/mol. The van der Waals surface area contributed by atoms with E-state index in [1.54, 1.807) is 11.1 Å². The van der Waals surface area contributed by atoms with E-state index in [0.29, 0.717) is 18.9 Å². The summed E-state index contributed by atoms with van der Waals surface area (Å²) in [5.41, 5.74) is 4.31. The minimum atomic E-state index is -0.160. The van der Waals surface area contributed by atoms with Crippen LogP contribution < -0.4 is 10.6 Å². The van der Waals surface area contributed by atoms with Gasteiger partial charge in [0, 0.05) is 16.6 Å². The van der Waals surface area contributed by atoms with Crippen LogP contribution in [0.15, 0.2) is 73.2 Å². The molecule has 0 spiro atoms. The quantitative estimate of drug-likeness (QED) is 0.551. The molecular weight excluding hydrogens is 364 g/mol. The Morgan fingerprint density at radius 1 is 0.897 bits per heavy atom. The van der Waals surface area contributed by atoms with Crippen molar-refractivity contribution in [1.29, 1.82) is 0 Å². The van der Waals surface area contributed by atoms with E-state index in [-0.39, 0.29) is 6.03 Å². The van der Waals surface area contributed by atoms with Gasteiger partial charge in [-0.3, -0.25) is 4.98 Å². The molecule has 142 valence electrons. The highest BCUT2D eigenvalue weighted by Crippen LogP contribution is 2.29. The molecule has 3 heterocycles. The minimum Gasteiger partial charge on any atom is -0.339 e. The molecule has 2 N–H and O–H groups in total. The molecule has 1 aliphatic heterocycles. The fraction of sp³-hybridized carbons (Fsp3) is 0.0909. The van der Waals surface area contributed by atoms with Gasteiger partial charge in [0.25, 0.3) is 0 Å². The number of anilines is 3. The van der Waals surface area contributed by atoms with E-state index in [9.17, 15) is 4.79 Å². The molecule has 1 aliphatic rings. The van der Waals surface area contributed by atoms with Crippen LogP contribution >= 0.6 is 0 Å². The molecule has 0 fully saturated rings. The number of hydrogen-bond acceptors (Lipinski definition) is 5.